The summed E-state index contributed by atoms with van der Waals surface area (Å²) in [6, 6.07) is 0.745. The van der Waals surface area contributed by atoms with Crippen LogP contribution in [0.3, 0.4) is 0 Å². The Balaban J connectivity index is 1.78. The van der Waals surface area contributed by atoms with Crippen molar-refractivity contribution in [2.24, 2.45) is 11.8 Å². The van der Waals surface area contributed by atoms with Crippen LogP contribution in [0.1, 0.15) is 46.0 Å². The van der Waals surface area contributed by atoms with Gasteiger partial charge >= 0.3 is 5.97 Å². The Kier molecular flexibility index (Phi) is 5.85. The Morgan fingerprint density at radius 3 is 2.40 bits per heavy atom. The highest BCUT2D eigenvalue weighted by Crippen LogP contribution is 2.32. The molecular formula is C16H30N2O2. The standard InChI is InChI=1S/C16H30N2O2/c1-13(2)14-4-6-15(7-5-14)18-9-3-8-17(10-11-18)12-16(19)20/h13-15H,3-12H2,1-2H3,(H,19,20). The minimum absolute atomic E-state index is 0.202. The second-order valence-electron chi connectivity index (χ2n) is 6.87. The van der Waals surface area contributed by atoms with Crippen molar-refractivity contribution in [1.82, 2.24) is 9.80 Å². The molecule has 0 aromatic heterocycles. The fourth-order valence-electron chi connectivity index (χ4n) is 3.84. The molecule has 0 unspecified atom stereocenters. The number of hydrogen-bond donors (Lipinski definition) is 1. The van der Waals surface area contributed by atoms with Gasteiger partial charge in [-0.2, -0.15) is 0 Å². The average molecular weight is 282 g/mol. The van der Waals surface area contributed by atoms with E-state index in [4.69, 9.17) is 5.11 Å². The molecule has 2 rings (SSSR count). The summed E-state index contributed by atoms with van der Waals surface area (Å²) >= 11 is 0. The summed E-state index contributed by atoms with van der Waals surface area (Å²) in [5, 5.41) is 8.90. The molecule has 0 bridgehead atoms. The Hall–Kier alpha value is -0.610. The highest BCUT2D eigenvalue weighted by atomic mass is 16.4. The second kappa shape index (κ2) is 7.41. The summed E-state index contributed by atoms with van der Waals surface area (Å²) in [7, 11) is 0. The van der Waals surface area contributed by atoms with E-state index in [-0.39, 0.29) is 6.54 Å². The zero-order valence-corrected chi connectivity index (χ0v) is 13.1. The Labute approximate surface area is 123 Å². The van der Waals surface area contributed by atoms with Gasteiger partial charge in [-0.3, -0.25) is 14.6 Å². The van der Waals surface area contributed by atoms with Gasteiger partial charge in [-0.1, -0.05) is 13.8 Å². The highest BCUT2D eigenvalue weighted by molar-refractivity contribution is 5.69. The topological polar surface area (TPSA) is 43.8 Å². The van der Waals surface area contributed by atoms with Gasteiger partial charge in [0.25, 0.3) is 0 Å². The molecule has 2 aliphatic rings. The van der Waals surface area contributed by atoms with E-state index < -0.39 is 5.97 Å². The van der Waals surface area contributed by atoms with Gasteiger partial charge in [-0.15, -0.1) is 0 Å². The van der Waals surface area contributed by atoms with Crippen molar-refractivity contribution in [2.75, 3.05) is 32.7 Å². The minimum atomic E-state index is -0.698. The van der Waals surface area contributed by atoms with E-state index in [1.54, 1.807) is 0 Å². The number of aliphatic carboxylic acids is 1. The summed E-state index contributed by atoms with van der Waals surface area (Å²) in [4.78, 5) is 15.5. The quantitative estimate of drug-likeness (QED) is 0.859. The number of rotatable bonds is 4. The lowest BCUT2D eigenvalue weighted by molar-refractivity contribution is -0.138. The van der Waals surface area contributed by atoms with E-state index in [2.05, 4.69) is 23.6 Å². The molecule has 0 radical (unpaired) electrons. The molecule has 1 heterocycles. The second-order valence-corrected chi connectivity index (χ2v) is 6.87. The third-order valence-electron chi connectivity index (χ3n) is 5.18. The van der Waals surface area contributed by atoms with Crippen molar-refractivity contribution in [3.05, 3.63) is 0 Å². The summed E-state index contributed by atoms with van der Waals surface area (Å²) in [6.07, 6.45) is 6.52. The van der Waals surface area contributed by atoms with Crippen LogP contribution >= 0.6 is 0 Å². The number of carbonyl (C=O) groups is 1. The van der Waals surface area contributed by atoms with Crippen LogP contribution in [-0.4, -0.2) is 59.6 Å². The van der Waals surface area contributed by atoms with E-state index >= 15 is 0 Å². The lowest BCUT2D eigenvalue weighted by Crippen LogP contribution is -2.41. The molecule has 1 aliphatic heterocycles. The van der Waals surface area contributed by atoms with E-state index in [9.17, 15) is 4.79 Å². The molecule has 116 valence electrons. The third-order valence-corrected chi connectivity index (χ3v) is 5.18. The fraction of sp³-hybridized carbons (Fsp3) is 0.938. The van der Waals surface area contributed by atoms with Crippen LogP contribution in [0.25, 0.3) is 0 Å². The van der Waals surface area contributed by atoms with Crippen LogP contribution in [0, 0.1) is 11.8 Å². The van der Waals surface area contributed by atoms with Gasteiger partial charge in [0.2, 0.25) is 0 Å². The van der Waals surface area contributed by atoms with Gasteiger partial charge in [0, 0.05) is 25.7 Å². The largest absolute Gasteiger partial charge is 0.480 e. The molecule has 0 aromatic carbocycles. The Morgan fingerprint density at radius 2 is 1.80 bits per heavy atom. The number of carboxylic acids is 1. The first-order valence-corrected chi connectivity index (χ1v) is 8.24. The lowest BCUT2D eigenvalue weighted by Gasteiger charge is -2.37. The van der Waals surface area contributed by atoms with Crippen LogP contribution in [0.2, 0.25) is 0 Å². The van der Waals surface area contributed by atoms with E-state index in [1.165, 1.54) is 25.7 Å². The summed E-state index contributed by atoms with van der Waals surface area (Å²) in [5.41, 5.74) is 0. The summed E-state index contributed by atoms with van der Waals surface area (Å²) in [5.74, 6) is 1.05. The van der Waals surface area contributed by atoms with Crippen LogP contribution in [0.4, 0.5) is 0 Å². The molecule has 2 fully saturated rings. The molecule has 0 amide bonds. The smallest absolute Gasteiger partial charge is 0.317 e. The van der Waals surface area contributed by atoms with Crippen LogP contribution in [0.15, 0.2) is 0 Å². The normalized spacial score (nSPS) is 30.4. The van der Waals surface area contributed by atoms with Gasteiger partial charge < -0.3 is 5.11 Å². The predicted molar refractivity (Wildman–Crippen MR) is 80.8 cm³/mol. The molecule has 1 aliphatic carbocycles. The summed E-state index contributed by atoms with van der Waals surface area (Å²) < 4.78 is 0. The van der Waals surface area contributed by atoms with E-state index in [0.717, 1.165) is 50.5 Å². The molecular weight excluding hydrogens is 252 g/mol. The number of nitrogens with zero attached hydrogens (tertiary/aromatic N) is 2. The van der Waals surface area contributed by atoms with Crippen molar-refractivity contribution in [1.29, 1.82) is 0 Å². The monoisotopic (exact) mass is 282 g/mol. The maximum absolute atomic E-state index is 10.8. The van der Waals surface area contributed by atoms with E-state index in [0.29, 0.717) is 0 Å². The molecule has 4 nitrogen and oxygen atoms in total. The zero-order valence-electron chi connectivity index (χ0n) is 13.1. The van der Waals surface area contributed by atoms with Crippen molar-refractivity contribution < 1.29 is 9.90 Å². The lowest BCUT2D eigenvalue weighted by atomic mass is 9.79. The molecule has 4 heteroatoms. The molecule has 0 aromatic rings. The van der Waals surface area contributed by atoms with Crippen molar-refractivity contribution >= 4 is 5.97 Å². The van der Waals surface area contributed by atoms with Gasteiger partial charge in [-0.25, -0.2) is 0 Å². The Bertz CT molecular complexity index is 312. The van der Waals surface area contributed by atoms with E-state index in [1.807, 2.05) is 0 Å². The minimum Gasteiger partial charge on any atom is -0.480 e. The molecule has 0 spiro atoms. The number of carboxylic acid groups (broad SMARTS) is 1. The van der Waals surface area contributed by atoms with Gasteiger partial charge in [0.1, 0.15) is 0 Å². The molecule has 1 saturated heterocycles. The highest BCUT2D eigenvalue weighted by Gasteiger charge is 2.28. The first-order chi connectivity index (χ1) is 9.56. The molecule has 0 atom stereocenters. The van der Waals surface area contributed by atoms with Gasteiger partial charge in [0.15, 0.2) is 0 Å². The first kappa shape index (κ1) is 15.8. The van der Waals surface area contributed by atoms with Gasteiger partial charge in [0.05, 0.1) is 6.54 Å². The van der Waals surface area contributed by atoms with Crippen molar-refractivity contribution in [3.63, 3.8) is 0 Å². The van der Waals surface area contributed by atoms with Crippen LogP contribution in [0.5, 0.6) is 0 Å². The predicted octanol–water partition coefficient (Wildman–Crippen LogP) is 2.29. The average Bonchev–Trinajstić information content (AvgIpc) is 2.64. The SMILES string of the molecule is CC(C)C1CCC(N2CCCN(CC(=O)O)CC2)CC1. The fourth-order valence-corrected chi connectivity index (χ4v) is 3.84. The molecule has 1 N–H and O–H groups in total. The molecule has 1 saturated carbocycles. The maximum Gasteiger partial charge on any atom is 0.317 e. The maximum atomic E-state index is 10.8. The first-order valence-electron chi connectivity index (χ1n) is 8.24. The molecule has 20 heavy (non-hydrogen) atoms. The van der Waals surface area contributed by atoms with Crippen molar-refractivity contribution in [3.8, 4) is 0 Å². The Morgan fingerprint density at radius 1 is 1.10 bits per heavy atom. The third kappa shape index (κ3) is 4.45. The van der Waals surface area contributed by atoms with Crippen LogP contribution in [-0.2, 0) is 4.79 Å². The zero-order chi connectivity index (χ0) is 14.5. The van der Waals surface area contributed by atoms with Gasteiger partial charge in [-0.05, 0) is 50.5 Å². The number of hydrogen-bond acceptors (Lipinski definition) is 3. The van der Waals surface area contributed by atoms with Crippen molar-refractivity contribution in [2.45, 2.75) is 52.0 Å². The summed E-state index contributed by atoms with van der Waals surface area (Å²) in [6.45, 7) is 8.94. The van der Waals surface area contributed by atoms with Crippen LogP contribution < -0.4 is 0 Å².